The second-order valence-corrected chi connectivity index (χ2v) is 10.8. The largest absolute Gasteiger partial charge is 0.350 e. The van der Waals surface area contributed by atoms with Crippen molar-refractivity contribution in [2.45, 2.75) is 51.1 Å². The van der Waals surface area contributed by atoms with Crippen molar-refractivity contribution in [3.63, 3.8) is 0 Å². The van der Waals surface area contributed by atoms with Crippen LogP contribution in [0.1, 0.15) is 69.1 Å². The number of aryl methyl sites for hydroxylation is 1. The summed E-state index contributed by atoms with van der Waals surface area (Å²) in [5.74, 6) is -2.69. The number of hydrogen-bond acceptors (Lipinski definition) is 4. The van der Waals surface area contributed by atoms with Crippen molar-refractivity contribution in [2.75, 3.05) is 13.1 Å². The quantitative estimate of drug-likeness (QED) is 0.474. The zero-order chi connectivity index (χ0) is 27.6. The third-order valence-electron chi connectivity index (χ3n) is 8.21. The van der Waals surface area contributed by atoms with Crippen LogP contribution in [0, 0.1) is 18.6 Å². The lowest BCUT2D eigenvalue weighted by atomic mass is 9.87. The third kappa shape index (κ3) is 4.17. The van der Waals surface area contributed by atoms with Gasteiger partial charge in [0.05, 0.1) is 11.6 Å². The second-order valence-electron chi connectivity index (χ2n) is 10.4. The van der Waals surface area contributed by atoms with E-state index in [2.05, 4.69) is 10.3 Å². The van der Waals surface area contributed by atoms with Gasteiger partial charge in [-0.1, -0.05) is 17.7 Å². The molecule has 1 aromatic heterocycles. The van der Waals surface area contributed by atoms with Crippen molar-refractivity contribution in [1.82, 2.24) is 20.1 Å². The first-order valence-electron chi connectivity index (χ1n) is 12.9. The summed E-state index contributed by atoms with van der Waals surface area (Å²) in [4.78, 5) is 56.1. The van der Waals surface area contributed by atoms with Gasteiger partial charge in [0.1, 0.15) is 23.4 Å². The summed E-state index contributed by atoms with van der Waals surface area (Å²) in [6.07, 6.45) is 1.41. The normalized spacial score (nSPS) is 20.1. The van der Waals surface area contributed by atoms with Crippen molar-refractivity contribution in [3.05, 3.63) is 68.9 Å². The molecule has 0 aliphatic carbocycles. The number of likely N-dealkylation sites (tertiary alicyclic amines) is 1. The minimum Gasteiger partial charge on any atom is -0.350 e. The Balaban J connectivity index is 1.17. The fraction of sp³-hybridized carbons (Fsp3) is 0.357. The molecule has 8 nitrogen and oxygen atoms in total. The smallest absolute Gasteiger partial charge is 0.270 e. The third-order valence-corrected chi connectivity index (χ3v) is 8.50. The summed E-state index contributed by atoms with van der Waals surface area (Å²) < 4.78 is 29.7. The molecule has 11 heteroatoms. The van der Waals surface area contributed by atoms with Crippen molar-refractivity contribution < 1.29 is 28.0 Å². The van der Waals surface area contributed by atoms with Gasteiger partial charge in [-0.3, -0.25) is 24.5 Å². The van der Waals surface area contributed by atoms with Crippen LogP contribution in [0.2, 0.25) is 5.02 Å². The van der Waals surface area contributed by atoms with Crippen LogP contribution >= 0.6 is 11.6 Å². The molecule has 0 spiro atoms. The van der Waals surface area contributed by atoms with Crippen molar-refractivity contribution in [3.8, 4) is 0 Å². The number of carbonyl (C=O) groups excluding carboxylic acids is 4. The van der Waals surface area contributed by atoms with Gasteiger partial charge in [0.2, 0.25) is 11.8 Å². The fourth-order valence-electron chi connectivity index (χ4n) is 6.03. The highest BCUT2D eigenvalue weighted by atomic mass is 35.5. The minimum absolute atomic E-state index is 0.0261. The molecule has 39 heavy (non-hydrogen) atoms. The Hall–Kier alpha value is -3.79. The van der Waals surface area contributed by atoms with Gasteiger partial charge in [0, 0.05) is 41.5 Å². The second kappa shape index (κ2) is 9.44. The van der Waals surface area contributed by atoms with Crippen LogP contribution in [0.3, 0.4) is 0 Å². The van der Waals surface area contributed by atoms with E-state index in [0.717, 1.165) is 0 Å². The fourth-order valence-corrected chi connectivity index (χ4v) is 6.19. The zero-order valence-electron chi connectivity index (χ0n) is 21.1. The first-order valence-corrected chi connectivity index (χ1v) is 13.2. The Morgan fingerprint density at radius 2 is 1.82 bits per heavy atom. The van der Waals surface area contributed by atoms with E-state index in [-0.39, 0.29) is 53.3 Å². The van der Waals surface area contributed by atoms with E-state index in [4.69, 9.17) is 11.6 Å². The van der Waals surface area contributed by atoms with Crippen LogP contribution < -0.4 is 5.32 Å². The molecule has 202 valence electrons. The molecule has 2 N–H and O–H groups in total. The number of imide groups is 1. The Morgan fingerprint density at radius 1 is 1.08 bits per heavy atom. The molecular formula is C28H25ClF2N4O4. The highest BCUT2D eigenvalue weighted by Crippen LogP contribution is 2.37. The molecule has 4 heterocycles. The minimum atomic E-state index is -0.805. The number of aromatic amines is 1. The number of piperidine rings is 2. The molecule has 2 fully saturated rings. The van der Waals surface area contributed by atoms with E-state index in [1.54, 1.807) is 24.0 Å². The number of aromatic nitrogens is 1. The van der Waals surface area contributed by atoms with Gasteiger partial charge < -0.3 is 14.8 Å². The molecule has 3 aliphatic heterocycles. The zero-order valence-corrected chi connectivity index (χ0v) is 21.8. The highest BCUT2D eigenvalue weighted by molar-refractivity contribution is 6.31. The summed E-state index contributed by atoms with van der Waals surface area (Å²) in [7, 11) is 0. The first-order chi connectivity index (χ1) is 18.6. The van der Waals surface area contributed by atoms with E-state index in [1.165, 1.54) is 17.0 Å². The SMILES string of the molecule is Cc1c(C(=O)N2CCC(c3ccc4c(c3F)CN(C3CCC(=O)NC3=O)C4=O)CC2)[nH]c2cc(Cl)c(F)cc12. The van der Waals surface area contributed by atoms with Gasteiger partial charge in [0.15, 0.2) is 0 Å². The number of nitrogens with one attached hydrogen (secondary N) is 2. The Kier molecular flexibility index (Phi) is 6.17. The maximum Gasteiger partial charge on any atom is 0.270 e. The predicted molar refractivity (Wildman–Crippen MR) is 138 cm³/mol. The lowest BCUT2D eigenvalue weighted by Crippen LogP contribution is -2.52. The monoisotopic (exact) mass is 554 g/mol. The standard InChI is InChI=1S/C28H25ClF2N4O4/c1-13-17-10-20(30)19(29)11-21(17)32-25(13)28(39)34-8-6-14(7-9-34)15-2-3-16-18(24(15)31)12-35(27(16)38)22-4-5-23(36)33-26(22)37/h2-3,10-11,14,22,32H,4-9,12H2,1H3,(H,33,36,37). The van der Waals surface area contributed by atoms with E-state index < -0.39 is 29.5 Å². The average molecular weight is 555 g/mol. The van der Waals surface area contributed by atoms with Crippen LogP contribution in [0.25, 0.3) is 10.9 Å². The first kappa shape index (κ1) is 25.5. The molecule has 1 unspecified atom stereocenters. The van der Waals surface area contributed by atoms with Crippen molar-refractivity contribution >= 4 is 46.1 Å². The molecular weight excluding hydrogens is 530 g/mol. The summed E-state index contributed by atoms with van der Waals surface area (Å²) in [6.45, 7) is 2.55. The molecule has 4 amide bonds. The van der Waals surface area contributed by atoms with E-state index in [1.807, 2.05) is 0 Å². The van der Waals surface area contributed by atoms with Crippen molar-refractivity contribution in [2.24, 2.45) is 0 Å². The molecule has 3 aliphatic rings. The molecule has 6 rings (SSSR count). The number of halogens is 3. The Labute approximate surface area is 227 Å². The predicted octanol–water partition coefficient (Wildman–Crippen LogP) is 4.19. The number of rotatable bonds is 3. The molecule has 2 saturated heterocycles. The van der Waals surface area contributed by atoms with Gasteiger partial charge >= 0.3 is 0 Å². The maximum atomic E-state index is 15.7. The number of hydrogen-bond donors (Lipinski definition) is 2. The lowest BCUT2D eigenvalue weighted by Gasteiger charge is -2.32. The van der Waals surface area contributed by atoms with Gasteiger partial charge in [0.25, 0.3) is 11.8 Å². The number of amides is 4. The number of benzene rings is 2. The van der Waals surface area contributed by atoms with E-state index in [0.29, 0.717) is 53.7 Å². The summed E-state index contributed by atoms with van der Waals surface area (Å²) in [5.41, 5.74) is 2.59. The molecule has 0 radical (unpaired) electrons. The molecule has 1 atom stereocenters. The Bertz CT molecular complexity index is 1580. The molecule has 3 aromatic rings. The van der Waals surface area contributed by atoms with Crippen LogP contribution in [-0.4, -0.2) is 57.5 Å². The number of H-pyrrole nitrogens is 1. The number of nitrogens with zero attached hydrogens (tertiary/aromatic N) is 2. The summed E-state index contributed by atoms with van der Waals surface area (Å²) in [5, 5.41) is 2.82. The van der Waals surface area contributed by atoms with Gasteiger partial charge in [-0.05, 0) is 61.4 Å². The summed E-state index contributed by atoms with van der Waals surface area (Å²) in [6, 6.07) is 5.21. The van der Waals surface area contributed by atoms with Gasteiger partial charge in [-0.15, -0.1) is 0 Å². The Morgan fingerprint density at radius 3 is 2.54 bits per heavy atom. The van der Waals surface area contributed by atoms with Gasteiger partial charge in [-0.25, -0.2) is 8.78 Å². The maximum absolute atomic E-state index is 15.7. The summed E-state index contributed by atoms with van der Waals surface area (Å²) >= 11 is 5.89. The van der Waals surface area contributed by atoms with Crippen molar-refractivity contribution in [1.29, 1.82) is 0 Å². The molecule has 0 saturated carbocycles. The number of carbonyl (C=O) groups is 4. The molecule has 0 bridgehead atoms. The lowest BCUT2D eigenvalue weighted by molar-refractivity contribution is -0.136. The van der Waals surface area contributed by atoms with E-state index in [9.17, 15) is 23.6 Å². The van der Waals surface area contributed by atoms with Crippen LogP contribution in [0.5, 0.6) is 0 Å². The van der Waals surface area contributed by atoms with Gasteiger partial charge in [-0.2, -0.15) is 0 Å². The van der Waals surface area contributed by atoms with Crippen LogP contribution in [-0.2, 0) is 16.1 Å². The highest BCUT2D eigenvalue weighted by Gasteiger charge is 2.41. The molecule has 2 aromatic carbocycles. The average Bonchev–Trinajstić information content (AvgIpc) is 3.41. The topological polar surface area (TPSA) is 103 Å². The van der Waals surface area contributed by atoms with Crippen LogP contribution in [0.4, 0.5) is 8.78 Å². The van der Waals surface area contributed by atoms with E-state index >= 15 is 4.39 Å². The number of fused-ring (bicyclic) bond motifs is 2. The van der Waals surface area contributed by atoms with Crippen LogP contribution in [0.15, 0.2) is 24.3 Å².